The van der Waals surface area contributed by atoms with Crippen molar-refractivity contribution in [3.05, 3.63) is 35.8 Å². The van der Waals surface area contributed by atoms with E-state index in [1.165, 1.54) is 25.5 Å². The molecule has 1 fully saturated rings. The summed E-state index contributed by atoms with van der Waals surface area (Å²) < 4.78 is 13.5. The SMILES string of the molecule is CCCCN1CCC(NC(=NCCc2c[nH]c3ccc(F)cc23)NCC)CC1.I. The molecule has 2 aromatic rings. The number of nitrogens with zero attached hydrogens (tertiary/aromatic N) is 2. The van der Waals surface area contributed by atoms with Crippen LogP contribution in [0.15, 0.2) is 29.4 Å². The minimum absolute atomic E-state index is 0. The number of hydrogen-bond acceptors (Lipinski definition) is 2. The van der Waals surface area contributed by atoms with E-state index in [4.69, 9.17) is 4.99 Å². The smallest absolute Gasteiger partial charge is 0.191 e. The zero-order valence-corrected chi connectivity index (χ0v) is 20.0. The Morgan fingerprint density at radius 3 is 2.79 bits per heavy atom. The van der Waals surface area contributed by atoms with Crippen molar-refractivity contribution in [2.24, 2.45) is 4.99 Å². The Kier molecular flexibility index (Phi) is 10.2. The van der Waals surface area contributed by atoms with Gasteiger partial charge < -0.3 is 20.5 Å². The second kappa shape index (κ2) is 12.4. The van der Waals surface area contributed by atoms with Gasteiger partial charge in [-0.25, -0.2) is 4.39 Å². The molecule has 29 heavy (non-hydrogen) atoms. The van der Waals surface area contributed by atoms with Crippen molar-refractivity contribution < 1.29 is 4.39 Å². The summed E-state index contributed by atoms with van der Waals surface area (Å²) in [7, 11) is 0. The van der Waals surface area contributed by atoms with Gasteiger partial charge in [-0.05, 0) is 62.9 Å². The largest absolute Gasteiger partial charge is 0.361 e. The van der Waals surface area contributed by atoms with Crippen LogP contribution in [0.4, 0.5) is 4.39 Å². The molecule has 5 nitrogen and oxygen atoms in total. The summed E-state index contributed by atoms with van der Waals surface area (Å²) in [6, 6.07) is 5.36. The van der Waals surface area contributed by atoms with E-state index in [-0.39, 0.29) is 29.8 Å². The number of likely N-dealkylation sites (tertiary alicyclic amines) is 1. The molecular weight excluding hydrogens is 480 g/mol. The molecule has 162 valence electrons. The lowest BCUT2D eigenvalue weighted by Gasteiger charge is -2.33. The fourth-order valence-corrected chi connectivity index (χ4v) is 3.84. The molecule has 1 aliphatic rings. The summed E-state index contributed by atoms with van der Waals surface area (Å²) in [4.78, 5) is 10.5. The van der Waals surface area contributed by atoms with E-state index in [1.54, 1.807) is 12.1 Å². The molecule has 7 heteroatoms. The number of aliphatic imine (C=N–C) groups is 1. The lowest BCUT2D eigenvalue weighted by atomic mass is 10.0. The second-order valence-electron chi connectivity index (χ2n) is 7.63. The highest BCUT2D eigenvalue weighted by Gasteiger charge is 2.19. The zero-order chi connectivity index (χ0) is 19.8. The topological polar surface area (TPSA) is 55.5 Å². The van der Waals surface area contributed by atoms with Crippen LogP contribution in [-0.4, -0.2) is 54.6 Å². The fraction of sp³-hybridized carbons (Fsp3) is 0.591. The summed E-state index contributed by atoms with van der Waals surface area (Å²) in [6.07, 6.45) is 7.63. The maximum Gasteiger partial charge on any atom is 0.191 e. The predicted octanol–water partition coefficient (Wildman–Crippen LogP) is 4.29. The van der Waals surface area contributed by atoms with Gasteiger partial charge >= 0.3 is 0 Å². The van der Waals surface area contributed by atoms with Gasteiger partial charge in [0.05, 0.1) is 0 Å². The Bertz CT molecular complexity index is 768. The fourth-order valence-electron chi connectivity index (χ4n) is 3.84. The first-order valence-corrected chi connectivity index (χ1v) is 10.7. The van der Waals surface area contributed by atoms with Gasteiger partial charge in [0, 0.05) is 49.3 Å². The zero-order valence-electron chi connectivity index (χ0n) is 17.6. The highest BCUT2D eigenvalue weighted by molar-refractivity contribution is 14.0. The highest BCUT2D eigenvalue weighted by atomic mass is 127. The van der Waals surface area contributed by atoms with Crippen molar-refractivity contribution in [3.8, 4) is 0 Å². The Balaban J connectivity index is 0.00000300. The molecule has 0 amide bonds. The Hall–Kier alpha value is -1.35. The van der Waals surface area contributed by atoms with E-state index in [2.05, 4.69) is 34.4 Å². The molecule has 2 heterocycles. The number of hydrogen-bond donors (Lipinski definition) is 3. The number of H-pyrrole nitrogens is 1. The minimum Gasteiger partial charge on any atom is -0.361 e. The molecule has 1 aromatic carbocycles. The molecular formula is C22H35FIN5. The molecule has 0 aliphatic carbocycles. The summed E-state index contributed by atoms with van der Waals surface area (Å²) in [5.74, 6) is 0.692. The van der Waals surface area contributed by atoms with Crippen LogP contribution < -0.4 is 10.6 Å². The normalized spacial score (nSPS) is 16.0. The average molecular weight is 515 g/mol. The Labute approximate surface area is 190 Å². The maximum atomic E-state index is 13.5. The molecule has 1 aromatic heterocycles. The number of nitrogens with one attached hydrogen (secondary N) is 3. The van der Waals surface area contributed by atoms with Gasteiger partial charge in [0.25, 0.3) is 0 Å². The molecule has 0 atom stereocenters. The molecule has 3 rings (SSSR count). The van der Waals surface area contributed by atoms with Gasteiger partial charge in [-0.3, -0.25) is 4.99 Å². The highest BCUT2D eigenvalue weighted by Crippen LogP contribution is 2.19. The van der Waals surface area contributed by atoms with Crippen LogP contribution in [0.25, 0.3) is 10.9 Å². The first kappa shape index (κ1) is 23.9. The van der Waals surface area contributed by atoms with Gasteiger partial charge in [-0.15, -0.1) is 24.0 Å². The van der Waals surface area contributed by atoms with Gasteiger partial charge in [0.2, 0.25) is 0 Å². The first-order valence-electron chi connectivity index (χ1n) is 10.7. The summed E-state index contributed by atoms with van der Waals surface area (Å²) in [5, 5.41) is 7.92. The number of rotatable bonds is 8. The number of aromatic amines is 1. The molecule has 0 radical (unpaired) electrons. The van der Waals surface area contributed by atoms with E-state index < -0.39 is 0 Å². The minimum atomic E-state index is -0.197. The third-order valence-corrected chi connectivity index (χ3v) is 5.48. The third-order valence-electron chi connectivity index (χ3n) is 5.48. The molecule has 0 bridgehead atoms. The van der Waals surface area contributed by atoms with Crippen molar-refractivity contribution in [3.63, 3.8) is 0 Å². The van der Waals surface area contributed by atoms with Crippen LogP contribution in [0.2, 0.25) is 0 Å². The van der Waals surface area contributed by atoms with Crippen LogP contribution in [0.1, 0.15) is 45.1 Å². The van der Waals surface area contributed by atoms with Crippen LogP contribution in [0.5, 0.6) is 0 Å². The number of guanidine groups is 1. The van der Waals surface area contributed by atoms with E-state index in [1.807, 2.05) is 6.20 Å². The Morgan fingerprint density at radius 2 is 2.07 bits per heavy atom. The van der Waals surface area contributed by atoms with Crippen molar-refractivity contribution in [2.45, 2.75) is 52.0 Å². The van der Waals surface area contributed by atoms with Crippen LogP contribution in [0.3, 0.4) is 0 Å². The third kappa shape index (κ3) is 7.13. The monoisotopic (exact) mass is 515 g/mol. The molecule has 0 unspecified atom stereocenters. The second-order valence-corrected chi connectivity index (χ2v) is 7.63. The lowest BCUT2D eigenvalue weighted by Crippen LogP contribution is -2.48. The van der Waals surface area contributed by atoms with Crippen molar-refractivity contribution in [1.29, 1.82) is 0 Å². The van der Waals surface area contributed by atoms with Crippen LogP contribution in [-0.2, 0) is 6.42 Å². The quantitative estimate of drug-likeness (QED) is 0.280. The van der Waals surface area contributed by atoms with E-state index in [9.17, 15) is 4.39 Å². The summed E-state index contributed by atoms with van der Waals surface area (Å²) >= 11 is 0. The molecule has 3 N–H and O–H groups in total. The van der Waals surface area contributed by atoms with Crippen molar-refractivity contribution >= 4 is 40.8 Å². The Morgan fingerprint density at radius 1 is 1.28 bits per heavy atom. The van der Waals surface area contributed by atoms with E-state index in [0.29, 0.717) is 12.6 Å². The van der Waals surface area contributed by atoms with Gasteiger partial charge in [-0.2, -0.15) is 0 Å². The maximum absolute atomic E-state index is 13.5. The predicted molar refractivity (Wildman–Crippen MR) is 131 cm³/mol. The van der Waals surface area contributed by atoms with Crippen molar-refractivity contribution in [1.82, 2.24) is 20.5 Å². The van der Waals surface area contributed by atoms with E-state index in [0.717, 1.165) is 61.3 Å². The van der Waals surface area contributed by atoms with Crippen LogP contribution in [0, 0.1) is 5.82 Å². The van der Waals surface area contributed by atoms with Crippen LogP contribution >= 0.6 is 24.0 Å². The number of piperidine rings is 1. The average Bonchev–Trinajstić information content (AvgIpc) is 3.09. The molecule has 1 aliphatic heterocycles. The lowest BCUT2D eigenvalue weighted by molar-refractivity contribution is 0.203. The molecule has 1 saturated heterocycles. The standard InChI is InChI=1S/C22H34FN5.HI/c1-3-5-12-28-13-9-19(10-14-28)27-22(24-4-2)25-11-8-17-16-26-21-7-6-18(23)15-20(17)21;/h6-7,15-16,19,26H,3-5,8-14H2,1-2H3,(H2,24,25,27);1H. The molecule has 0 spiro atoms. The van der Waals surface area contributed by atoms with Gasteiger partial charge in [0.1, 0.15) is 5.82 Å². The van der Waals surface area contributed by atoms with E-state index >= 15 is 0 Å². The van der Waals surface area contributed by atoms with Gasteiger partial charge in [0.15, 0.2) is 5.96 Å². The number of unbranched alkanes of at least 4 members (excludes halogenated alkanes) is 1. The summed E-state index contributed by atoms with van der Waals surface area (Å²) in [5.41, 5.74) is 2.08. The summed E-state index contributed by atoms with van der Waals surface area (Å²) in [6.45, 7) is 9.42. The molecule has 0 saturated carbocycles. The van der Waals surface area contributed by atoms with Crippen molar-refractivity contribution in [2.75, 3.05) is 32.7 Å². The van der Waals surface area contributed by atoms with Gasteiger partial charge in [-0.1, -0.05) is 13.3 Å². The number of halogens is 2. The number of fused-ring (bicyclic) bond motifs is 1. The number of benzene rings is 1. The number of aromatic nitrogens is 1. The first-order chi connectivity index (χ1) is 13.7.